The highest BCUT2D eigenvalue weighted by Crippen LogP contribution is 2.67. The molecule has 0 radical (unpaired) electrons. The normalized spacial score (nSPS) is 35.5. The van der Waals surface area contributed by atoms with Crippen LogP contribution in [0.5, 0.6) is 0 Å². The first kappa shape index (κ1) is 12.9. The number of rotatable bonds is 4. The molecule has 21 heavy (non-hydrogen) atoms. The summed E-state index contributed by atoms with van der Waals surface area (Å²) in [6.07, 6.45) is 4.07. The Morgan fingerprint density at radius 2 is 2.00 bits per heavy atom. The molecule has 3 aliphatic rings. The van der Waals surface area contributed by atoms with Crippen LogP contribution in [0.15, 0.2) is 15.7 Å². The molecule has 3 saturated carbocycles. The number of carbonyl (C=O) groups excluding carboxylic acids is 1. The molecule has 4 rings (SSSR count). The Bertz CT molecular complexity index is 664. The Hall–Kier alpha value is -1.85. The lowest BCUT2D eigenvalue weighted by molar-refractivity contribution is -0.120. The number of fused-ring (bicyclic) bond motifs is 5. The third-order valence-electron chi connectivity index (χ3n) is 5.56. The van der Waals surface area contributed by atoms with Crippen LogP contribution in [0, 0.1) is 29.6 Å². The van der Waals surface area contributed by atoms with E-state index in [1.807, 2.05) is 0 Å². The molecule has 112 valence electrons. The standard InChI is InChI=1S/C15H19N3O3/c19-13(3-9-4-14(20)18-15(21)17-9)16-6-8-1-7-2-10(8)12-5-11(7)12/h4,7-8,10-12H,1-3,5-6H2,(H,16,19)(H2,17,18,20,21). The number of hydrogen-bond donors (Lipinski definition) is 3. The van der Waals surface area contributed by atoms with E-state index in [1.54, 1.807) is 0 Å². The van der Waals surface area contributed by atoms with E-state index in [0.717, 1.165) is 30.2 Å². The molecule has 0 aliphatic heterocycles. The van der Waals surface area contributed by atoms with E-state index >= 15 is 0 Å². The smallest absolute Gasteiger partial charge is 0.325 e. The fourth-order valence-electron chi connectivity index (χ4n) is 4.68. The van der Waals surface area contributed by atoms with E-state index in [0.29, 0.717) is 11.6 Å². The maximum atomic E-state index is 11.9. The number of nitrogens with one attached hydrogen (secondary N) is 3. The van der Waals surface area contributed by atoms with E-state index in [4.69, 9.17) is 0 Å². The van der Waals surface area contributed by atoms with Crippen molar-refractivity contribution in [3.8, 4) is 0 Å². The zero-order valence-corrected chi connectivity index (χ0v) is 11.7. The molecule has 1 amide bonds. The number of hydrogen-bond acceptors (Lipinski definition) is 3. The maximum Gasteiger partial charge on any atom is 0.325 e. The Morgan fingerprint density at radius 1 is 1.14 bits per heavy atom. The van der Waals surface area contributed by atoms with E-state index in [1.165, 1.54) is 25.3 Å². The molecule has 1 heterocycles. The molecular weight excluding hydrogens is 270 g/mol. The molecule has 3 fully saturated rings. The summed E-state index contributed by atoms with van der Waals surface area (Å²) >= 11 is 0. The lowest BCUT2D eigenvalue weighted by Crippen LogP contribution is -2.34. The van der Waals surface area contributed by atoms with E-state index < -0.39 is 11.2 Å². The average Bonchev–Trinajstić information content (AvgIpc) is 3.01. The second-order valence-electron chi connectivity index (χ2n) is 6.81. The maximum absolute atomic E-state index is 11.9. The SMILES string of the molecule is O=C(Cc1cc(=O)[nH]c(=O)[nH]1)NCC1CC2CC1C1CC21. The number of carbonyl (C=O) groups is 1. The van der Waals surface area contributed by atoms with Gasteiger partial charge in [0.2, 0.25) is 5.91 Å². The third-order valence-corrected chi connectivity index (χ3v) is 5.56. The predicted octanol–water partition coefficient (Wildman–Crippen LogP) is 0.0140. The Morgan fingerprint density at radius 3 is 2.71 bits per heavy atom. The molecule has 3 N–H and O–H groups in total. The van der Waals surface area contributed by atoms with Crippen molar-refractivity contribution >= 4 is 5.91 Å². The van der Waals surface area contributed by atoms with Crippen molar-refractivity contribution in [3.05, 3.63) is 32.6 Å². The summed E-state index contributed by atoms with van der Waals surface area (Å²) < 4.78 is 0. The van der Waals surface area contributed by atoms with Crippen molar-refractivity contribution in [1.29, 1.82) is 0 Å². The van der Waals surface area contributed by atoms with Crippen LogP contribution in [-0.4, -0.2) is 22.4 Å². The molecule has 6 heteroatoms. The second-order valence-corrected chi connectivity index (χ2v) is 6.81. The number of H-pyrrole nitrogens is 2. The van der Waals surface area contributed by atoms with Crippen LogP contribution >= 0.6 is 0 Å². The molecule has 2 bridgehead atoms. The van der Waals surface area contributed by atoms with Crippen LogP contribution in [0.3, 0.4) is 0 Å². The van der Waals surface area contributed by atoms with Gasteiger partial charge in [-0.25, -0.2) is 4.79 Å². The van der Waals surface area contributed by atoms with E-state index in [-0.39, 0.29) is 12.3 Å². The summed E-state index contributed by atoms with van der Waals surface area (Å²) in [6, 6.07) is 1.26. The van der Waals surface area contributed by atoms with Gasteiger partial charge in [-0.15, -0.1) is 0 Å². The first-order valence-electron chi connectivity index (χ1n) is 7.69. The second kappa shape index (κ2) is 4.58. The lowest BCUT2D eigenvalue weighted by Gasteiger charge is -2.21. The minimum absolute atomic E-state index is 0.0476. The van der Waals surface area contributed by atoms with Gasteiger partial charge < -0.3 is 10.3 Å². The molecule has 0 saturated heterocycles. The highest BCUT2D eigenvalue weighted by Gasteiger charge is 2.60. The Labute approximate surface area is 121 Å². The van der Waals surface area contributed by atoms with Gasteiger partial charge >= 0.3 is 5.69 Å². The minimum atomic E-state index is -0.571. The molecule has 0 aromatic carbocycles. The fourth-order valence-corrected chi connectivity index (χ4v) is 4.68. The summed E-state index contributed by atoms with van der Waals surface area (Å²) in [7, 11) is 0. The zero-order chi connectivity index (χ0) is 14.6. The van der Waals surface area contributed by atoms with Gasteiger partial charge in [-0.05, 0) is 48.9 Å². The quantitative estimate of drug-likeness (QED) is 0.729. The van der Waals surface area contributed by atoms with E-state index in [9.17, 15) is 14.4 Å². The van der Waals surface area contributed by atoms with Crippen molar-refractivity contribution in [2.24, 2.45) is 29.6 Å². The van der Waals surface area contributed by atoms with Gasteiger partial charge in [0.25, 0.3) is 5.56 Å². The van der Waals surface area contributed by atoms with Gasteiger partial charge in [0.15, 0.2) is 0 Å². The highest BCUT2D eigenvalue weighted by atomic mass is 16.2. The molecule has 6 nitrogen and oxygen atoms in total. The van der Waals surface area contributed by atoms with Crippen LogP contribution in [-0.2, 0) is 11.2 Å². The minimum Gasteiger partial charge on any atom is -0.355 e. The van der Waals surface area contributed by atoms with Crippen molar-refractivity contribution in [3.63, 3.8) is 0 Å². The van der Waals surface area contributed by atoms with Gasteiger partial charge in [-0.2, -0.15) is 0 Å². The summed E-state index contributed by atoms with van der Waals surface area (Å²) in [5, 5.41) is 2.96. The zero-order valence-electron chi connectivity index (χ0n) is 11.7. The van der Waals surface area contributed by atoms with E-state index in [2.05, 4.69) is 15.3 Å². The number of aromatic amines is 2. The molecule has 0 spiro atoms. The summed E-state index contributed by atoms with van der Waals surface area (Å²) in [5.41, 5.74) is -0.691. The molecule has 3 aliphatic carbocycles. The average molecular weight is 289 g/mol. The first-order chi connectivity index (χ1) is 10.1. The van der Waals surface area contributed by atoms with Crippen LogP contribution < -0.4 is 16.6 Å². The summed E-state index contributed by atoms with van der Waals surface area (Å²) in [4.78, 5) is 38.8. The molecule has 5 atom stereocenters. The highest BCUT2D eigenvalue weighted by molar-refractivity contribution is 5.78. The van der Waals surface area contributed by atoms with Crippen LogP contribution in [0.4, 0.5) is 0 Å². The van der Waals surface area contributed by atoms with Crippen LogP contribution in [0.1, 0.15) is 25.0 Å². The number of aromatic nitrogens is 2. The molecular formula is C15H19N3O3. The number of amides is 1. The van der Waals surface area contributed by atoms with Gasteiger partial charge in [0.05, 0.1) is 6.42 Å². The summed E-state index contributed by atoms with van der Waals surface area (Å²) in [5.74, 6) is 4.16. The largest absolute Gasteiger partial charge is 0.355 e. The van der Waals surface area contributed by atoms with Crippen molar-refractivity contribution in [2.45, 2.75) is 25.7 Å². The topological polar surface area (TPSA) is 94.8 Å². The molecule has 1 aromatic rings. The van der Waals surface area contributed by atoms with Crippen molar-refractivity contribution in [1.82, 2.24) is 15.3 Å². The van der Waals surface area contributed by atoms with Crippen LogP contribution in [0.25, 0.3) is 0 Å². The van der Waals surface area contributed by atoms with Gasteiger partial charge in [0.1, 0.15) is 0 Å². The van der Waals surface area contributed by atoms with Crippen molar-refractivity contribution < 1.29 is 4.79 Å². The Balaban J connectivity index is 1.32. The fraction of sp³-hybridized carbons (Fsp3) is 0.667. The predicted molar refractivity (Wildman–Crippen MR) is 75.7 cm³/mol. The monoisotopic (exact) mass is 289 g/mol. The molecule has 1 aromatic heterocycles. The molecule has 5 unspecified atom stereocenters. The lowest BCUT2D eigenvalue weighted by atomic mass is 9.88. The third kappa shape index (κ3) is 2.32. The first-order valence-corrected chi connectivity index (χ1v) is 7.69. The van der Waals surface area contributed by atoms with Crippen molar-refractivity contribution in [2.75, 3.05) is 6.54 Å². The summed E-state index contributed by atoms with van der Waals surface area (Å²) in [6.45, 7) is 0.733. The van der Waals surface area contributed by atoms with Gasteiger partial charge in [-0.1, -0.05) is 0 Å². The Kier molecular flexibility index (Phi) is 2.80. The van der Waals surface area contributed by atoms with Gasteiger partial charge in [0, 0.05) is 18.3 Å². The van der Waals surface area contributed by atoms with Crippen LogP contribution in [0.2, 0.25) is 0 Å². The van der Waals surface area contributed by atoms with Gasteiger partial charge in [-0.3, -0.25) is 14.6 Å².